The summed E-state index contributed by atoms with van der Waals surface area (Å²) in [7, 11) is 0. The van der Waals surface area contributed by atoms with E-state index < -0.39 is 0 Å². The Morgan fingerprint density at radius 3 is 2.35 bits per heavy atom. The van der Waals surface area contributed by atoms with Gasteiger partial charge in [-0.15, -0.1) is 5.10 Å². The lowest BCUT2D eigenvalue weighted by molar-refractivity contribution is 0.982. The van der Waals surface area contributed by atoms with Crippen molar-refractivity contribution in [3.8, 4) is 0 Å². The molecule has 3 rings (SSSR count). The van der Waals surface area contributed by atoms with E-state index >= 15 is 0 Å². The molecule has 0 amide bonds. The molecule has 0 bridgehead atoms. The summed E-state index contributed by atoms with van der Waals surface area (Å²) >= 11 is 3.41. The van der Waals surface area contributed by atoms with E-state index in [-0.39, 0.29) is 0 Å². The summed E-state index contributed by atoms with van der Waals surface area (Å²) in [4.78, 5) is 4.43. The van der Waals surface area contributed by atoms with Crippen LogP contribution in [0.3, 0.4) is 0 Å². The number of nitrogens with one attached hydrogen (secondary N) is 2. The zero-order valence-corrected chi connectivity index (χ0v) is 14.4. The molecule has 116 valence electrons. The maximum atomic E-state index is 4.43. The summed E-state index contributed by atoms with van der Waals surface area (Å²) in [6.07, 6.45) is 1.60. The molecule has 0 fully saturated rings. The summed E-state index contributed by atoms with van der Waals surface area (Å²) in [6.45, 7) is 4.17. The Morgan fingerprint density at radius 2 is 1.61 bits per heavy atom. The summed E-state index contributed by atoms with van der Waals surface area (Å²) in [5.74, 6) is 1.09. The molecule has 2 aromatic carbocycles. The number of aromatic nitrogens is 3. The van der Waals surface area contributed by atoms with Gasteiger partial charge >= 0.3 is 0 Å². The normalized spacial score (nSPS) is 10.4. The molecular weight excluding hydrogens is 354 g/mol. The van der Waals surface area contributed by atoms with Crippen molar-refractivity contribution in [1.82, 2.24) is 15.2 Å². The number of benzene rings is 2. The van der Waals surface area contributed by atoms with Gasteiger partial charge in [0, 0.05) is 15.8 Å². The maximum absolute atomic E-state index is 4.43. The number of halogens is 1. The first kappa shape index (κ1) is 15.4. The molecule has 0 spiro atoms. The van der Waals surface area contributed by atoms with Crippen LogP contribution in [0.25, 0.3) is 0 Å². The highest BCUT2D eigenvalue weighted by molar-refractivity contribution is 9.10. The molecule has 5 nitrogen and oxygen atoms in total. The number of anilines is 4. The van der Waals surface area contributed by atoms with Gasteiger partial charge in [-0.25, -0.2) is 0 Å². The molecular formula is C17H16BrN5. The van der Waals surface area contributed by atoms with Crippen molar-refractivity contribution >= 4 is 39.1 Å². The van der Waals surface area contributed by atoms with E-state index in [2.05, 4.69) is 67.7 Å². The Labute approximate surface area is 143 Å². The van der Waals surface area contributed by atoms with Crippen molar-refractivity contribution in [3.05, 3.63) is 64.3 Å². The Morgan fingerprint density at radius 1 is 0.870 bits per heavy atom. The van der Waals surface area contributed by atoms with Gasteiger partial charge in [0.25, 0.3) is 0 Å². The van der Waals surface area contributed by atoms with Crippen LogP contribution in [-0.2, 0) is 0 Å². The molecule has 0 aliphatic carbocycles. The third kappa shape index (κ3) is 4.04. The lowest BCUT2D eigenvalue weighted by Crippen LogP contribution is -2.02. The van der Waals surface area contributed by atoms with Crippen molar-refractivity contribution in [1.29, 1.82) is 0 Å². The fourth-order valence-corrected chi connectivity index (χ4v) is 2.31. The second kappa shape index (κ2) is 6.75. The van der Waals surface area contributed by atoms with Crippen LogP contribution in [0.2, 0.25) is 0 Å². The molecule has 1 heterocycles. The van der Waals surface area contributed by atoms with Crippen molar-refractivity contribution < 1.29 is 0 Å². The highest BCUT2D eigenvalue weighted by Gasteiger charge is 2.03. The topological polar surface area (TPSA) is 62.7 Å². The van der Waals surface area contributed by atoms with E-state index in [0.717, 1.165) is 15.8 Å². The standard InChI is InChI=1S/C17H16BrN5/c1-11-3-6-15(9-12(11)2)20-16-10-19-23-17(22-16)21-14-7-4-13(18)5-8-14/h3-10H,1-2H3,(H2,20,21,22,23). The summed E-state index contributed by atoms with van der Waals surface area (Å²) in [6, 6.07) is 14.0. The Bertz CT molecular complexity index is 817. The van der Waals surface area contributed by atoms with Crippen molar-refractivity contribution in [2.75, 3.05) is 10.6 Å². The minimum absolute atomic E-state index is 0.446. The molecule has 0 saturated carbocycles. The van der Waals surface area contributed by atoms with Gasteiger partial charge in [0.05, 0.1) is 6.20 Å². The average molecular weight is 370 g/mol. The second-order valence-corrected chi connectivity index (χ2v) is 6.14. The zero-order chi connectivity index (χ0) is 16.2. The zero-order valence-electron chi connectivity index (χ0n) is 12.8. The fraction of sp³-hybridized carbons (Fsp3) is 0.118. The number of aryl methyl sites for hydroxylation is 2. The molecule has 0 atom stereocenters. The van der Waals surface area contributed by atoms with Crippen LogP contribution in [0.15, 0.2) is 53.1 Å². The molecule has 23 heavy (non-hydrogen) atoms. The van der Waals surface area contributed by atoms with Crippen LogP contribution in [0.5, 0.6) is 0 Å². The lowest BCUT2D eigenvalue weighted by Gasteiger charge is -2.09. The van der Waals surface area contributed by atoms with Gasteiger partial charge in [0.2, 0.25) is 5.95 Å². The van der Waals surface area contributed by atoms with E-state index in [1.54, 1.807) is 6.20 Å². The molecule has 3 aromatic rings. The first-order chi connectivity index (χ1) is 11.1. The smallest absolute Gasteiger partial charge is 0.249 e. The van der Waals surface area contributed by atoms with Gasteiger partial charge in [0.15, 0.2) is 5.82 Å². The number of hydrogen-bond donors (Lipinski definition) is 2. The van der Waals surface area contributed by atoms with Crippen LogP contribution in [0, 0.1) is 13.8 Å². The minimum Gasteiger partial charge on any atom is -0.339 e. The SMILES string of the molecule is Cc1ccc(Nc2cnnc(Nc3ccc(Br)cc3)n2)cc1C. The predicted molar refractivity (Wildman–Crippen MR) is 96.5 cm³/mol. The van der Waals surface area contributed by atoms with Gasteiger partial charge in [0.1, 0.15) is 0 Å². The van der Waals surface area contributed by atoms with Gasteiger partial charge < -0.3 is 10.6 Å². The van der Waals surface area contributed by atoms with Gasteiger partial charge in [-0.05, 0) is 61.4 Å². The van der Waals surface area contributed by atoms with E-state index in [0.29, 0.717) is 11.8 Å². The first-order valence-electron chi connectivity index (χ1n) is 7.17. The predicted octanol–water partition coefficient (Wildman–Crippen LogP) is 4.74. The van der Waals surface area contributed by atoms with Crippen molar-refractivity contribution in [3.63, 3.8) is 0 Å². The number of hydrogen-bond acceptors (Lipinski definition) is 5. The van der Waals surface area contributed by atoms with Crippen LogP contribution in [-0.4, -0.2) is 15.2 Å². The van der Waals surface area contributed by atoms with E-state index in [1.165, 1.54) is 11.1 Å². The van der Waals surface area contributed by atoms with Gasteiger partial charge in [-0.1, -0.05) is 22.0 Å². The highest BCUT2D eigenvalue weighted by Crippen LogP contribution is 2.20. The molecule has 0 unspecified atom stereocenters. The van der Waals surface area contributed by atoms with Crippen LogP contribution in [0.4, 0.5) is 23.1 Å². The van der Waals surface area contributed by atoms with Crippen LogP contribution in [0.1, 0.15) is 11.1 Å². The minimum atomic E-state index is 0.446. The monoisotopic (exact) mass is 369 g/mol. The summed E-state index contributed by atoms with van der Waals surface area (Å²) in [5.41, 5.74) is 4.36. The van der Waals surface area contributed by atoms with E-state index in [1.807, 2.05) is 30.3 Å². The second-order valence-electron chi connectivity index (χ2n) is 5.22. The third-order valence-corrected chi connectivity index (χ3v) is 3.97. The average Bonchev–Trinajstić information content (AvgIpc) is 2.54. The highest BCUT2D eigenvalue weighted by atomic mass is 79.9. The van der Waals surface area contributed by atoms with Crippen LogP contribution < -0.4 is 10.6 Å². The van der Waals surface area contributed by atoms with Crippen LogP contribution >= 0.6 is 15.9 Å². The van der Waals surface area contributed by atoms with Gasteiger partial charge in [-0.3, -0.25) is 0 Å². The molecule has 6 heteroatoms. The molecule has 1 aromatic heterocycles. The first-order valence-corrected chi connectivity index (χ1v) is 7.96. The summed E-state index contributed by atoms with van der Waals surface area (Å²) < 4.78 is 1.02. The largest absolute Gasteiger partial charge is 0.339 e. The fourth-order valence-electron chi connectivity index (χ4n) is 2.05. The summed E-state index contributed by atoms with van der Waals surface area (Å²) in [5, 5.41) is 14.4. The molecule has 0 aliphatic heterocycles. The Balaban J connectivity index is 1.76. The molecule has 0 saturated heterocycles. The third-order valence-electron chi connectivity index (χ3n) is 3.44. The van der Waals surface area contributed by atoms with Gasteiger partial charge in [-0.2, -0.15) is 10.1 Å². The quantitative estimate of drug-likeness (QED) is 0.695. The Kier molecular flexibility index (Phi) is 4.52. The van der Waals surface area contributed by atoms with E-state index in [4.69, 9.17) is 0 Å². The van der Waals surface area contributed by atoms with Crippen molar-refractivity contribution in [2.24, 2.45) is 0 Å². The molecule has 0 radical (unpaired) electrons. The number of rotatable bonds is 4. The number of nitrogens with zero attached hydrogens (tertiary/aromatic N) is 3. The van der Waals surface area contributed by atoms with E-state index in [9.17, 15) is 0 Å². The van der Waals surface area contributed by atoms with Crippen molar-refractivity contribution in [2.45, 2.75) is 13.8 Å². The Hall–Kier alpha value is -2.47. The lowest BCUT2D eigenvalue weighted by atomic mass is 10.1. The molecule has 0 aliphatic rings. The molecule has 2 N–H and O–H groups in total. The maximum Gasteiger partial charge on any atom is 0.249 e.